The number of imidazole rings is 1. The molecule has 4 rings (SSSR count). The Morgan fingerprint density at radius 2 is 2.20 bits per heavy atom. The van der Waals surface area contributed by atoms with Gasteiger partial charge in [-0.2, -0.15) is 0 Å². The zero-order valence-corrected chi connectivity index (χ0v) is 14.6. The Morgan fingerprint density at radius 1 is 1.36 bits per heavy atom. The summed E-state index contributed by atoms with van der Waals surface area (Å²) in [5, 5.41) is 0. The van der Waals surface area contributed by atoms with Crippen LogP contribution in [0.2, 0.25) is 0 Å². The Kier molecular flexibility index (Phi) is 4.33. The maximum atomic E-state index is 13.2. The van der Waals surface area contributed by atoms with Crippen LogP contribution in [0.4, 0.5) is 0 Å². The fourth-order valence-corrected chi connectivity index (χ4v) is 4.17. The average molecular weight is 354 g/mol. The number of carbonyl (C=O) groups excluding carboxylic acids is 1. The van der Waals surface area contributed by atoms with Gasteiger partial charge in [0.05, 0.1) is 23.5 Å². The number of rotatable bonds is 4. The molecule has 1 amide bonds. The highest BCUT2D eigenvalue weighted by Gasteiger charge is 2.34. The normalized spacial score (nSPS) is 16.7. The van der Waals surface area contributed by atoms with Crippen molar-refractivity contribution < 1.29 is 9.53 Å². The van der Waals surface area contributed by atoms with Gasteiger partial charge in [-0.3, -0.25) is 9.78 Å². The number of aromatic amines is 1. The van der Waals surface area contributed by atoms with Gasteiger partial charge in [-0.25, -0.2) is 4.98 Å². The molecule has 0 saturated heterocycles. The number of pyridine rings is 1. The molecule has 0 fully saturated rings. The predicted octanol–water partition coefficient (Wildman–Crippen LogP) is 2.80. The van der Waals surface area contributed by atoms with Crippen LogP contribution in [0.15, 0.2) is 43.0 Å². The van der Waals surface area contributed by atoms with Gasteiger partial charge in [0.25, 0.3) is 5.91 Å². The zero-order valence-electron chi connectivity index (χ0n) is 13.8. The zero-order chi connectivity index (χ0) is 17.2. The van der Waals surface area contributed by atoms with Gasteiger partial charge in [0.1, 0.15) is 6.04 Å². The number of hydrogen-bond acceptors (Lipinski definition) is 5. The number of fused-ring (bicyclic) bond motifs is 1. The third-order valence-corrected chi connectivity index (χ3v) is 5.41. The van der Waals surface area contributed by atoms with Crippen LogP contribution >= 0.6 is 11.3 Å². The largest absolute Gasteiger partial charge is 0.379 e. The van der Waals surface area contributed by atoms with E-state index in [0.717, 1.165) is 33.1 Å². The fraction of sp³-hybridized carbons (Fsp3) is 0.278. The third-order valence-electron chi connectivity index (χ3n) is 4.37. The second-order valence-electron chi connectivity index (χ2n) is 5.90. The van der Waals surface area contributed by atoms with Crippen LogP contribution in [-0.2, 0) is 17.8 Å². The number of nitrogens with zero attached hydrogens (tertiary/aromatic N) is 3. The number of aromatic nitrogens is 3. The molecule has 1 atom stereocenters. The highest BCUT2D eigenvalue weighted by atomic mass is 32.1. The smallest absolute Gasteiger partial charge is 0.264 e. The van der Waals surface area contributed by atoms with Crippen LogP contribution in [-0.4, -0.2) is 39.4 Å². The topological polar surface area (TPSA) is 71.1 Å². The molecular weight excluding hydrogens is 336 g/mol. The molecule has 0 aromatic carbocycles. The number of carbonyl (C=O) groups is 1. The molecule has 7 heteroatoms. The van der Waals surface area contributed by atoms with E-state index in [9.17, 15) is 4.79 Å². The van der Waals surface area contributed by atoms with Gasteiger partial charge in [-0.05, 0) is 29.8 Å². The van der Waals surface area contributed by atoms with E-state index >= 15 is 0 Å². The molecule has 3 aromatic heterocycles. The first kappa shape index (κ1) is 16.0. The fourth-order valence-electron chi connectivity index (χ4n) is 3.23. The Labute approximate surface area is 149 Å². The van der Waals surface area contributed by atoms with Gasteiger partial charge < -0.3 is 14.6 Å². The number of thiophene rings is 1. The van der Waals surface area contributed by atoms with Gasteiger partial charge in [-0.1, -0.05) is 0 Å². The van der Waals surface area contributed by atoms with E-state index in [0.29, 0.717) is 13.2 Å². The lowest BCUT2D eigenvalue weighted by atomic mass is 9.96. The van der Waals surface area contributed by atoms with Gasteiger partial charge in [-0.15, -0.1) is 11.3 Å². The lowest BCUT2D eigenvalue weighted by Crippen LogP contribution is -2.40. The molecule has 4 heterocycles. The van der Waals surface area contributed by atoms with Crippen molar-refractivity contribution in [2.75, 3.05) is 13.7 Å². The molecule has 1 aliphatic rings. The molecule has 0 unspecified atom stereocenters. The summed E-state index contributed by atoms with van der Waals surface area (Å²) >= 11 is 1.48. The van der Waals surface area contributed by atoms with Crippen molar-refractivity contribution in [2.24, 2.45) is 0 Å². The molecule has 128 valence electrons. The predicted molar refractivity (Wildman–Crippen MR) is 94.4 cm³/mol. The van der Waals surface area contributed by atoms with Crippen molar-refractivity contribution >= 4 is 17.2 Å². The van der Waals surface area contributed by atoms with Crippen molar-refractivity contribution in [1.82, 2.24) is 19.9 Å². The lowest BCUT2D eigenvalue weighted by molar-refractivity contribution is 0.0695. The summed E-state index contributed by atoms with van der Waals surface area (Å²) in [6.45, 7) is 1.17. The minimum absolute atomic E-state index is 0.0304. The molecule has 25 heavy (non-hydrogen) atoms. The van der Waals surface area contributed by atoms with Gasteiger partial charge in [0, 0.05) is 43.0 Å². The summed E-state index contributed by atoms with van der Waals surface area (Å²) in [6.07, 6.45) is 5.98. The molecule has 3 aromatic rings. The molecule has 0 saturated carbocycles. The van der Waals surface area contributed by atoms with Crippen molar-refractivity contribution in [1.29, 1.82) is 0 Å². The van der Waals surface area contributed by atoms with Crippen molar-refractivity contribution in [2.45, 2.75) is 19.1 Å². The van der Waals surface area contributed by atoms with E-state index in [1.165, 1.54) is 11.3 Å². The second kappa shape index (κ2) is 6.78. The number of ether oxygens (including phenoxy) is 1. The number of hydrogen-bond donors (Lipinski definition) is 1. The minimum Gasteiger partial charge on any atom is -0.379 e. The summed E-state index contributed by atoms with van der Waals surface area (Å²) in [6, 6.07) is 7.52. The first-order valence-corrected chi connectivity index (χ1v) is 8.90. The van der Waals surface area contributed by atoms with Crippen molar-refractivity contribution in [3.63, 3.8) is 0 Å². The Hall–Kier alpha value is -2.51. The Morgan fingerprint density at radius 3 is 3.00 bits per heavy atom. The molecule has 0 radical (unpaired) electrons. The highest BCUT2D eigenvalue weighted by Crippen LogP contribution is 2.35. The number of H-pyrrole nitrogens is 1. The summed E-state index contributed by atoms with van der Waals surface area (Å²) < 4.78 is 5.16. The van der Waals surface area contributed by atoms with Crippen molar-refractivity contribution in [3.8, 4) is 0 Å². The summed E-state index contributed by atoms with van der Waals surface area (Å²) in [5.74, 6) is 0.0304. The van der Waals surface area contributed by atoms with Crippen LogP contribution < -0.4 is 0 Å². The maximum Gasteiger partial charge on any atom is 0.264 e. The van der Waals surface area contributed by atoms with E-state index in [1.807, 2.05) is 29.2 Å². The molecule has 0 aliphatic carbocycles. The number of methoxy groups -OCH3 is 1. The molecule has 6 nitrogen and oxygen atoms in total. The number of amides is 1. The van der Waals surface area contributed by atoms with Gasteiger partial charge in [0.15, 0.2) is 0 Å². The monoisotopic (exact) mass is 354 g/mol. The molecule has 1 aliphatic heterocycles. The Bertz CT molecular complexity index is 874. The third kappa shape index (κ3) is 2.96. The van der Waals surface area contributed by atoms with E-state index in [1.54, 1.807) is 25.8 Å². The van der Waals surface area contributed by atoms with E-state index < -0.39 is 0 Å². The quantitative estimate of drug-likeness (QED) is 0.782. The van der Waals surface area contributed by atoms with Crippen LogP contribution in [0, 0.1) is 0 Å². The first-order chi connectivity index (χ1) is 12.3. The summed E-state index contributed by atoms with van der Waals surface area (Å²) in [4.78, 5) is 28.6. The van der Waals surface area contributed by atoms with E-state index in [4.69, 9.17) is 4.74 Å². The van der Waals surface area contributed by atoms with Crippen molar-refractivity contribution in [3.05, 3.63) is 69.7 Å². The van der Waals surface area contributed by atoms with Gasteiger partial charge >= 0.3 is 0 Å². The lowest BCUT2D eigenvalue weighted by Gasteiger charge is -2.35. The molecule has 0 spiro atoms. The first-order valence-electron chi connectivity index (χ1n) is 8.08. The SMILES string of the molecule is COCc1ccc(C(=O)N2CCc3[nH]cnc3[C@H]2c2ccncc2)s1. The van der Waals surface area contributed by atoms with Gasteiger partial charge in [0.2, 0.25) is 0 Å². The van der Waals surface area contributed by atoms with Crippen LogP contribution in [0.5, 0.6) is 0 Å². The Balaban J connectivity index is 1.70. The van der Waals surface area contributed by atoms with Crippen LogP contribution in [0.1, 0.15) is 37.5 Å². The molecular formula is C18H18N4O2S. The summed E-state index contributed by atoms with van der Waals surface area (Å²) in [7, 11) is 1.66. The minimum atomic E-state index is -0.196. The van der Waals surface area contributed by atoms with Crippen LogP contribution in [0.3, 0.4) is 0 Å². The van der Waals surface area contributed by atoms with E-state index in [-0.39, 0.29) is 11.9 Å². The molecule has 0 bridgehead atoms. The van der Waals surface area contributed by atoms with Crippen LogP contribution in [0.25, 0.3) is 0 Å². The average Bonchev–Trinajstić information content (AvgIpc) is 3.30. The standard InChI is InChI=1S/C18H18N4O2S/c1-24-10-13-2-3-15(25-13)18(23)22-9-6-14-16(21-11-20-14)17(22)12-4-7-19-8-5-12/h2-5,7-8,11,17H,6,9-10H2,1H3,(H,20,21)/t17-/m1/s1. The van der Waals surface area contributed by atoms with E-state index in [2.05, 4.69) is 15.0 Å². The number of nitrogens with one attached hydrogen (secondary N) is 1. The second-order valence-corrected chi connectivity index (χ2v) is 7.07. The highest BCUT2D eigenvalue weighted by molar-refractivity contribution is 7.14. The molecule has 1 N–H and O–H groups in total. The maximum absolute atomic E-state index is 13.2. The summed E-state index contributed by atoms with van der Waals surface area (Å²) in [5.41, 5.74) is 3.03.